The molecule has 0 bridgehead atoms. The van der Waals surface area contributed by atoms with E-state index in [0.29, 0.717) is 17.5 Å². The number of nitrogens with zero attached hydrogens (tertiary/aromatic N) is 4. The van der Waals surface area contributed by atoms with E-state index >= 15 is 0 Å². The molecule has 0 amide bonds. The molecule has 8 aromatic carbocycles. The van der Waals surface area contributed by atoms with E-state index in [0.717, 1.165) is 99.2 Å². The molecule has 0 spiro atoms. The maximum Gasteiger partial charge on any atom is 0.164 e. The van der Waals surface area contributed by atoms with Crippen LogP contribution in [0.3, 0.4) is 0 Å². The summed E-state index contributed by atoms with van der Waals surface area (Å²) in [5.74, 6) is 1.79. The monoisotopic (exact) mass is 730 g/mol. The van der Waals surface area contributed by atoms with Gasteiger partial charge in [0.15, 0.2) is 23.1 Å². The van der Waals surface area contributed by atoms with E-state index < -0.39 is 0 Å². The van der Waals surface area contributed by atoms with Crippen molar-refractivity contribution in [1.29, 1.82) is 0 Å². The minimum Gasteiger partial charge on any atom is -0.455 e. The van der Waals surface area contributed by atoms with Crippen molar-refractivity contribution in [2.24, 2.45) is 0 Å². The van der Waals surface area contributed by atoms with Crippen molar-refractivity contribution in [3.8, 4) is 51.0 Å². The van der Waals surface area contributed by atoms with Crippen LogP contribution in [0.1, 0.15) is 0 Å². The molecule has 57 heavy (non-hydrogen) atoms. The third-order valence-corrected chi connectivity index (χ3v) is 11.0. The SMILES string of the molecule is c1ccc(-c2cc(-n3c4ccccc4c4c5oc6ccccc6c5ccc43)c3oc4cccc(-c5nc(-c6ccccc6)nc(-c6ccccc6)n5)c4c3c2)cc1. The molecule has 12 aromatic rings. The number of para-hydroxylation sites is 2. The summed E-state index contributed by atoms with van der Waals surface area (Å²) >= 11 is 0. The molecule has 0 saturated carbocycles. The zero-order chi connectivity index (χ0) is 37.5. The Morgan fingerprint density at radius 3 is 1.68 bits per heavy atom. The van der Waals surface area contributed by atoms with E-state index in [1.807, 2.05) is 84.9 Å². The Bertz CT molecular complexity index is 3450. The van der Waals surface area contributed by atoms with E-state index in [1.54, 1.807) is 0 Å². The maximum atomic E-state index is 7.01. The average molecular weight is 731 g/mol. The van der Waals surface area contributed by atoms with Crippen LogP contribution in [0.25, 0.3) is 117 Å². The minimum atomic E-state index is 0.576. The van der Waals surface area contributed by atoms with Gasteiger partial charge in [0.2, 0.25) is 0 Å². The first-order valence-electron chi connectivity index (χ1n) is 19.0. The maximum absolute atomic E-state index is 7.01. The Morgan fingerprint density at radius 1 is 0.351 bits per heavy atom. The van der Waals surface area contributed by atoms with Crippen LogP contribution in [0.5, 0.6) is 0 Å². The highest BCUT2D eigenvalue weighted by Crippen LogP contribution is 2.45. The lowest BCUT2D eigenvalue weighted by molar-refractivity contribution is 0.666. The summed E-state index contributed by atoms with van der Waals surface area (Å²) in [5.41, 5.74) is 11.2. The zero-order valence-corrected chi connectivity index (χ0v) is 30.4. The van der Waals surface area contributed by atoms with Gasteiger partial charge in [-0.1, -0.05) is 140 Å². The molecule has 0 atom stereocenters. The lowest BCUT2D eigenvalue weighted by Crippen LogP contribution is -2.00. The van der Waals surface area contributed by atoms with Crippen LogP contribution >= 0.6 is 0 Å². The second kappa shape index (κ2) is 12.3. The molecule has 0 aliphatic rings. The number of fused-ring (bicyclic) bond motifs is 10. The molecular weight excluding hydrogens is 701 g/mol. The van der Waals surface area contributed by atoms with Gasteiger partial charge < -0.3 is 13.4 Å². The molecule has 0 aliphatic heterocycles. The second-order valence-electron chi connectivity index (χ2n) is 14.3. The van der Waals surface area contributed by atoms with Crippen molar-refractivity contribution < 1.29 is 8.83 Å². The van der Waals surface area contributed by atoms with Crippen molar-refractivity contribution >= 4 is 65.7 Å². The van der Waals surface area contributed by atoms with Crippen molar-refractivity contribution in [2.45, 2.75) is 0 Å². The Hall–Kier alpha value is -7.83. The molecule has 4 heterocycles. The first kappa shape index (κ1) is 31.5. The molecule has 6 nitrogen and oxygen atoms in total. The van der Waals surface area contributed by atoms with Gasteiger partial charge in [0.05, 0.1) is 22.1 Å². The van der Waals surface area contributed by atoms with Gasteiger partial charge >= 0.3 is 0 Å². The predicted molar refractivity (Wildman–Crippen MR) is 230 cm³/mol. The number of hydrogen-bond donors (Lipinski definition) is 0. The Labute approximate surface area is 325 Å². The van der Waals surface area contributed by atoms with E-state index in [9.17, 15) is 0 Å². The molecule has 0 saturated heterocycles. The lowest BCUT2D eigenvalue weighted by Gasteiger charge is -2.12. The van der Waals surface area contributed by atoms with Crippen molar-refractivity contribution in [3.63, 3.8) is 0 Å². The molecule has 4 aromatic heterocycles. The Morgan fingerprint density at radius 2 is 0.947 bits per heavy atom. The van der Waals surface area contributed by atoms with Gasteiger partial charge in [0.1, 0.15) is 16.7 Å². The molecule has 0 unspecified atom stereocenters. The van der Waals surface area contributed by atoms with Gasteiger partial charge in [-0.05, 0) is 53.6 Å². The number of aromatic nitrogens is 4. The van der Waals surface area contributed by atoms with E-state index in [4.69, 9.17) is 23.8 Å². The lowest BCUT2D eigenvalue weighted by atomic mass is 9.99. The second-order valence-corrected chi connectivity index (χ2v) is 14.3. The molecule has 6 heteroatoms. The summed E-state index contributed by atoms with van der Waals surface area (Å²) in [6.07, 6.45) is 0. The van der Waals surface area contributed by atoms with Gasteiger partial charge in [-0.3, -0.25) is 0 Å². The summed E-state index contributed by atoms with van der Waals surface area (Å²) in [6.45, 7) is 0. The average Bonchev–Trinajstić information content (AvgIpc) is 3.96. The van der Waals surface area contributed by atoms with E-state index in [-0.39, 0.29) is 0 Å². The fourth-order valence-electron chi connectivity index (χ4n) is 8.48. The fraction of sp³-hybridized carbons (Fsp3) is 0. The molecule has 0 aliphatic carbocycles. The van der Waals surface area contributed by atoms with Crippen LogP contribution in [-0.2, 0) is 0 Å². The quantitative estimate of drug-likeness (QED) is 0.176. The number of rotatable bonds is 5. The van der Waals surface area contributed by atoms with Crippen LogP contribution in [0.15, 0.2) is 191 Å². The van der Waals surface area contributed by atoms with Crippen molar-refractivity contribution in [3.05, 3.63) is 182 Å². The van der Waals surface area contributed by atoms with Gasteiger partial charge in [0.25, 0.3) is 0 Å². The Kier molecular flexibility index (Phi) is 6.83. The van der Waals surface area contributed by atoms with Gasteiger partial charge in [-0.25, -0.2) is 15.0 Å². The van der Waals surface area contributed by atoms with Crippen LogP contribution < -0.4 is 0 Å². The first-order valence-corrected chi connectivity index (χ1v) is 19.0. The molecule has 0 radical (unpaired) electrons. The third-order valence-electron chi connectivity index (χ3n) is 11.0. The minimum absolute atomic E-state index is 0.576. The molecule has 0 fully saturated rings. The van der Waals surface area contributed by atoms with Crippen LogP contribution in [0, 0.1) is 0 Å². The molecule has 266 valence electrons. The van der Waals surface area contributed by atoms with Crippen LogP contribution in [-0.4, -0.2) is 19.5 Å². The highest BCUT2D eigenvalue weighted by Gasteiger charge is 2.24. The smallest absolute Gasteiger partial charge is 0.164 e. The summed E-state index contributed by atoms with van der Waals surface area (Å²) in [5, 5.41) is 6.29. The van der Waals surface area contributed by atoms with Crippen LogP contribution in [0.4, 0.5) is 0 Å². The summed E-state index contributed by atoms with van der Waals surface area (Å²) in [4.78, 5) is 15.2. The van der Waals surface area contributed by atoms with Gasteiger partial charge in [0, 0.05) is 43.6 Å². The highest BCUT2D eigenvalue weighted by atomic mass is 16.3. The summed E-state index contributed by atoms with van der Waals surface area (Å²) in [6, 6.07) is 62.5. The number of furan rings is 2. The summed E-state index contributed by atoms with van der Waals surface area (Å²) < 4.78 is 16.0. The number of hydrogen-bond acceptors (Lipinski definition) is 5. The van der Waals surface area contributed by atoms with Gasteiger partial charge in [-0.15, -0.1) is 0 Å². The highest BCUT2D eigenvalue weighted by molar-refractivity contribution is 6.24. The first-order chi connectivity index (χ1) is 28.3. The topological polar surface area (TPSA) is 69.9 Å². The zero-order valence-electron chi connectivity index (χ0n) is 30.4. The summed E-state index contributed by atoms with van der Waals surface area (Å²) in [7, 11) is 0. The molecule has 12 rings (SSSR count). The van der Waals surface area contributed by atoms with Crippen molar-refractivity contribution in [1.82, 2.24) is 19.5 Å². The normalized spacial score (nSPS) is 11.9. The third kappa shape index (κ3) is 4.87. The number of benzene rings is 8. The Balaban J connectivity index is 1.18. The fourth-order valence-corrected chi connectivity index (χ4v) is 8.48. The molecular formula is C51H30N4O2. The standard InChI is InChI=1S/C51H30N4O2/c1-4-15-31(16-5-1)34-29-39-45-38(51-53-49(32-17-6-2-7-18-32)52-50(54-51)33-19-8-3-9-20-33)23-14-26-44(45)57-47(39)42(30-34)55-40-24-12-10-22-37(40)46-41(55)28-27-36-35-21-11-13-25-43(35)56-48(36)46/h1-30H. The van der Waals surface area contributed by atoms with Crippen molar-refractivity contribution in [2.75, 3.05) is 0 Å². The predicted octanol–water partition coefficient (Wildman–Crippen LogP) is 13.4. The van der Waals surface area contributed by atoms with E-state index in [2.05, 4.69) is 102 Å². The van der Waals surface area contributed by atoms with E-state index in [1.165, 1.54) is 0 Å². The molecule has 0 N–H and O–H groups in total. The largest absolute Gasteiger partial charge is 0.455 e. The van der Waals surface area contributed by atoms with Gasteiger partial charge in [-0.2, -0.15) is 0 Å². The van der Waals surface area contributed by atoms with Crippen LogP contribution in [0.2, 0.25) is 0 Å².